The number of imidazole rings is 1. The molecule has 2 N–H and O–H groups in total. The first-order valence-corrected chi connectivity index (χ1v) is 16.9. The van der Waals surface area contributed by atoms with E-state index in [9.17, 15) is 29.5 Å². The molecule has 2 fully saturated rings. The number of piperazine rings is 1. The fourth-order valence-electron chi connectivity index (χ4n) is 6.50. The highest BCUT2D eigenvalue weighted by Crippen LogP contribution is 2.37. The van der Waals surface area contributed by atoms with E-state index in [1.165, 1.54) is 23.5 Å². The number of aryl methyl sites for hydroxylation is 1. The van der Waals surface area contributed by atoms with Crippen LogP contribution in [0.2, 0.25) is 0 Å². The van der Waals surface area contributed by atoms with E-state index >= 15 is 0 Å². The maximum Gasteiger partial charge on any atom is 0.408 e. The number of nitrogens with zero attached hydrogens (tertiary/aromatic N) is 10. The summed E-state index contributed by atoms with van der Waals surface area (Å²) in [6.07, 6.45) is 4.18. The molecule has 0 saturated carbocycles. The van der Waals surface area contributed by atoms with Crippen LogP contribution in [0.15, 0.2) is 55.0 Å². The number of hydrogen-bond donors (Lipinski definition) is 2. The standard InChI is InChI=1S/C34H33FN10O4S/c1-3-25-30(41(2)33-40-29(27(15-36)50-33)20-4-7-23(35)8-5-20)45-18-21(6-9-28(45)39-25)22-16-37-32(38-17-22)43-12-10-42(11-13-43)31(47)26-14-24(46)19-44(26)34(48)49/h4-9,16-18,24,26,46H,3,10-14,19H2,1-2H3,(H,48,49). The number of aromatic nitrogens is 5. The number of fused-ring (bicyclic) bond motifs is 1. The average Bonchev–Trinajstić information content (AvgIpc) is 3.86. The molecule has 256 valence electrons. The number of β-amino-alcohol motifs (C(OH)–C–C–N with tert-alkyl or cyclic N) is 1. The molecule has 2 atom stereocenters. The molecule has 4 aromatic heterocycles. The van der Waals surface area contributed by atoms with Gasteiger partial charge in [0.15, 0.2) is 5.13 Å². The van der Waals surface area contributed by atoms with Crippen molar-refractivity contribution in [3.05, 3.63) is 71.4 Å². The van der Waals surface area contributed by atoms with Crippen molar-refractivity contribution in [1.82, 2.24) is 34.1 Å². The van der Waals surface area contributed by atoms with Crippen LogP contribution in [0.5, 0.6) is 0 Å². The number of likely N-dealkylation sites (tertiary alicyclic amines) is 1. The first-order chi connectivity index (χ1) is 24.1. The minimum absolute atomic E-state index is 0.0633. The van der Waals surface area contributed by atoms with Crippen molar-refractivity contribution in [1.29, 1.82) is 5.26 Å². The van der Waals surface area contributed by atoms with Gasteiger partial charge in [0.05, 0.1) is 18.3 Å². The minimum atomic E-state index is -1.21. The Morgan fingerprint density at radius 2 is 1.74 bits per heavy atom. The highest BCUT2D eigenvalue weighted by atomic mass is 32.1. The quantitative estimate of drug-likeness (QED) is 0.252. The van der Waals surface area contributed by atoms with Crippen LogP contribution in [-0.4, -0.2) is 108 Å². The normalized spacial score (nSPS) is 17.7. The van der Waals surface area contributed by atoms with Gasteiger partial charge in [-0.2, -0.15) is 5.26 Å². The lowest BCUT2D eigenvalue weighted by Crippen LogP contribution is -2.54. The van der Waals surface area contributed by atoms with Crippen LogP contribution in [0, 0.1) is 17.1 Å². The number of halogens is 1. The highest BCUT2D eigenvalue weighted by molar-refractivity contribution is 7.16. The zero-order chi connectivity index (χ0) is 35.1. The van der Waals surface area contributed by atoms with E-state index < -0.39 is 18.2 Å². The van der Waals surface area contributed by atoms with Crippen molar-refractivity contribution in [2.24, 2.45) is 0 Å². The average molecular weight is 697 g/mol. The molecular formula is C34H33FN10O4S. The summed E-state index contributed by atoms with van der Waals surface area (Å²) in [5, 5.41) is 29.8. The molecule has 2 aliphatic heterocycles. The number of amides is 2. The van der Waals surface area contributed by atoms with Gasteiger partial charge in [-0.15, -0.1) is 0 Å². The van der Waals surface area contributed by atoms with Crippen LogP contribution in [0.1, 0.15) is 23.9 Å². The smallest absolute Gasteiger partial charge is 0.408 e. The number of carbonyl (C=O) groups excluding carboxylic acids is 1. The van der Waals surface area contributed by atoms with Gasteiger partial charge in [-0.1, -0.05) is 18.3 Å². The van der Waals surface area contributed by atoms with Gasteiger partial charge in [0.1, 0.15) is 40.0 Å². The maximum atomic E-state index is 13.6. The molecule has 2 amide bonds. The maximum absolute atomic E-state index is 13.6. The zero-order valence-electron chi connectivity index (χ0n) is 27.3. The fourth-order valence-corrected chi connectivity index (χ4v) is 7.35. The Labute approximate surface area is 290 Å². The molecule has 5 aromatic rings. The topological polar surface area (TPSA) is 167 Å². The number of hydrogen-bond acceptors (Lipinski definition) is 11. The molecule has 2 saturated heterocycles. The molecule has 1 aromatic carbocycles. The molecule has 0 radical (unpaired) electrons. The number of aliphatic hydroxyl groups excluding tert-OH is 1. The third-order valence-electron chi connectivity index (χ3n) is 9.09. The number of thiazole rings is 1. The summed E-state index contributed by atoms with van der Waals surface area (Å²) in [5.41, 5.74) is 4.40. The van der Waals surface area contributed by atoms with Gasteiger partial charge in [0, 0.05) is 74.9 Å². The highest BCUT2D eigenvalue weighted by Gasteiger charge is 2.41. The summed E-state index contributed by atoms with van der Waals surface area (Å²) < 4.78 is 15.6. The summed E-state index contributed by atoms with van der Waals surface area (Å²) in [5.74, 6) is 0.673. The molecule has 0 aliphatic carbocycles. The van der Waals surface area contributed by atoms with Crippen LogP contribution in [0.4, 0.5) is 26.1 Å². The van der Waals surface area contributed by atoms with Crippen molar-refractivity contribution in [3.63, 3.8) is 0 Å². The first-order valence-electron chi connectivity index (χ1n) is 16.1. The lowest BCUT2D eigenvalue weighted by Gasteiger charge is -2.36. The number of benzene rings is 1. The van der Waals surface area contributed by atoms with Gasteiger partial charge in [-0.3, -0.25) is 14.1 Å². The number of aliphatic hydroxyl groups is 1. The summed E-state index contributed by atoms with van der Waals surface area (Å²) >= 11 is 1.25. The predicted octanol–water partition coefficient (Wildman–Crippen LogP) is 4.02. The SMILES string of the molecule is CCc1nc2ccc(-c3cnc(N4CCN(C(=O)C5CC(O)CN5C(=O)O)CC4)nc3)cn2c1N(C)c1nc(-c2ccc(F)cc2)c(C#N)s1. The van der Waals surface area contributed by atoms with Crippen LogP contribution in [0.25, 0.3) is 28.0 Å². The number of rotatable bonds is 7. The monoisotopic (exact) mass is 696 g/mol. The lowest BCUT2D eigenvalue weighted by molar-refractivity contribution is -0.135. The third kappa shape index (κ3) is 6.05. The molecule has 0 spiro atoms. The molecule has 2 aliphatic rings. The molecule has 0 bridgehead atoms. The van der Waals surface area contributed by atoms with E-state index in [4.69, 9.17) is 9.97 Å². The Morgan fingerprint density at radius 3 is 2.40 bits per heavy atom. The summed E-state index contributed by atoms with van der Waals surface area (Å²) in [6.45, 7) is 3.70. The third-order valence-corrected chi connectivity index (χ3v) is 10.1. The van der Waals surface area contributed by atoms with Crippen molar-refractivity contribution >= 4 is 45.9 Å². The molecule has 7 rings (SSSR count). The number of anilines is 3. The second kappa shape index (κ2) is 13.3. The van der Waals surface area contributed by atoms with Gasteiger partial charge < -0.3 is 24.9 Å². The minimum Gasteiger partial charge on any atom is -0.465 e. The van der Waals surface area contributed by atoms with E-state index in [1.54, 1.807) is 29.4 Å². The van der Waals surface area contributed by atoms with Crippen molar-refractivity contribution in [2.75, 3.05) is 49.6 Å². The van der Waals surface area contributed by atoms with E-state index in [-0.39, 0.29) is 24.7 Å². The number of nitriles is 1. The summed E-state index contributed by atoms with van der Waals surface area (Å²) in [6, 6.07) is 11.2. The Kier molecular flexibility index (Phi) is 8.76. The molecule has 6 heterocycles. The summed E-state index contributed by atoms with van der Waals surface area (Å²) in [4.78, 5) is 50.5. The van der Waals surface area contributed by atoms with Gasteiger partial charge in [-0.05, 0) is 42.8 Å². The Hall–Kier alpha value is -5.66. The van der Waals surface area contributed by atoms with Crippen molar-refractivity contribution in [2.45, 2.75) is 31.9 Å². The van der Waals surface area contributed by atoms with E-state index in [0.29, 0.717) is 59.8 Å². The van der Waals surface area contributed by atoms with Crippen LogP contribution in [-0.2, 0) is 11.2 Å². The molecule has 14 nitrogen and oxygen atoms in total. The Morgan fingerprint density at radius 1 is 1.04 bits per heavy atom. The number of carbonyl (C=O) groups is 2. The van der Waals surface area contributed by atoms with E-state index in [1.807, 2.05) is 46.5 Å². The van der Waals surface area contributed by atoms with Gasteiger partial charge in [0.2, 0.25) is 11.9 Å². The fraction of sp³-hybridized carbons (Fsp3) is 0.324. The van der Waals surface area contributed by atoms with Gasteiger partial charge >= 0.3 is 6.09 Å². The Bertz CT molecular complexity index is 2110. The first kappa shape index (κ1) is 32.9. The lowest BCUT2D eigenvalue weighted by atomic mass is 10.1. The van der Waals surface area contributed by atoms with Crippen LogP contribution < -0.4 is 9.80 Å². The van der Waals surface area contributed by atoms with Crippen LogP contribution in [0.3, 0.4) is 0 Å². The predicted molar refractivity (Wildman–Crippen MR) is 184 cm³/mol. The van der Waals surface area contributed by atoms with Gasteiger partial charge in [-0.25, -0.2) is 29.1 Å². The second-order valence-electron chi connectivity index (χ2n) is 12.2. The van der Waals surface area contributed by atoms with Crippen molar-refractivity contribution in [3.8, 4) is 28.5 Å². The van der Waals surface area contributed by atoms with E-state index in [0.717, 1.165) is 33.2 Å². The number of pyridine rings is 1. The van der Waals surface area contributed by atoms with Gasteiger partial charge in [0.25, 0.3) is 0 Å². The van der Waals surface area contributed by atoms with E-state index in [2.05, 4.69) is 16.0 Å². The number of carboxylic acid groups (broad SMARTS) is 1. The van der Waals surface area contributed by atoms with Crippen LogP contribution >= 0.6 is 11.3 Å². The molecular weight excluding hydrogens is 664 g/mol. The largest absolute Gasteiger partial charge is 0.465 e. The van der Waals surface area contributed by atoms with Crippen molar-refractivity contribution < 1.29 is 24.2 Å². The Balaban J connectivity index is 1.09. The molecule has 50 heavy (non-hydrogen) atoms. The second-order valence-corrected chi connectivity index (χ2v) is 13.1. The zero-order valence-corrected chi connectivity index (χ0v) is 28.1. The summed E-state index contributed by atoms with van der Waals surface area (Å²) in [7, 11) is 1.88. The molecule has 2 unspecified atom stereocenters. The molecule has 16 heteroatoms.